The Bertz CT molecular complexity index is 601. The van der Waals surface area contributed by atoms with E-state index in [2.05, 4.69) is 21.2 Å². The molecule has 0 aliphatic carbocycles. The van der Waals surface area contributed by atoms with Crippen molar-refractivity contribution in [2.75, 3.05) is 11.1 Å². The van der Waals surface area contributed by atoms with Crippen LogP contribution in [0.2, 0.25) is 5.02 Å². The molecule has 0 bridgehead atoms. The van der Waals surface area contributed by atoms with Gasteiger partial charge in [0.1, 0.15) is 0 Å². The predicted octanol–water partition coefficient (Wildman–Crippen LogP) is 3.94. The van der Waals surface area contributed by atoms with E-state index >= 15 is 0 Å². The van der Waals surface area contributed by atoms with Crippen LogP contribution in [-0.2, 0) is 0 Å². The Labute approximate surface area is 118 Å². The van der Waals surface area contributed by atoms with Crippen LogP contribution in [0.5, 0.6) is 0 Å². The van der Waals surface area contributed by atoms with E-state index in [9.17, 15) is 4.79 Å². The van der Waals surface area contributed by atoms with E-state index < -0.39 is 0 Å². The van der Waals surface area contributed by atoms with E-state index in [-0.39, 0.29) is 5.91 Å². The molecular weight excluding hydrogens is 316 g/mol. The third kappa shape index (κ3) is 3.03. The highest BCUT2D eigenvalue weighted by Crippen LogP contribution is 2.23. The van der Waals surface area contributed by atoms with Gasteiger partial charge in [-0.3, -0.25) is 4.79 Å². The van der Waals surface area contributed by atoms with Gasteiger partial charge in [-0.1, -0.05) is 33.6 Å². The number of carbonyl (C=O) groups excluding carboxylic acids is 1. The average molecular weight is 326 g/mol. The Kier molecular flexibility index (Phi) is 3.89. The molecule has 0 aliphatic rings. The summed E-state index contributed by atoms with van der Waals surface area (Å²) < 4.78 is 0.847. The van der Waals surface area contributed by atoms with Gasteiger partial charge in [-0.15, -0.1) is 0 Å². The van der Waals surface area contributed by atoms with Crippen LogP contribution in [0.25, 0.3) is 0 Å². The normalized spacial score (nSPS) is 10.1. The molecule has 3 N–H and O–H groups in total. The molecule has 0 unspecified atom stereocenters. The number of nitrogens with one attached hydrogen (secondary N) is 1. The molecule has 92 valence electrons. The summed E-state index contributed by atoms with van der Waals surface area (Å²) in [5, 5.41) is 3.27. The van der Waals surface area contributed by atoms with E-state index in [0.717, 1.165) is 4.47 Å². The standard InChI is InChI=1S/C13H10BrClN2O/c14-9-3-1-2-8(6-9)13(18)17-12-5-4-10(15)7-11(12)16/h1-7H,16H2,(H,17,18). The molecule has 3 nitrogen and oxygen atoms in total. The summed E-state index contributed by atoms with van der Waals surface area (Å²) in [6.45, 7) is 0. The van der Waals surface area contributed by atoms with Crippen LogP contribution in [-0.4, -0.2) is 5.91 Å². The molecule has 1 amide bonds. The molecule has 0 radical (unpaired) electrons. The maximum absolute atomic E-state index is 12.0. The lowest BCUT2D eigenvalue weighted by Crippen LogP contribution is -2.13. The Morgan fingerprint density at radius 1 is 1.22 bits per heavy atom. The van der Waals surface area contributed by atoms with Crippen LogP contribution in [0.15, 0.2) is 46.9 Å². The summed E-state index contributed by atoms with van der Waals surface area (Å²) in [6.07, 6.45) is 0. The number of carbonyl (C=O) groups is 1. The molecule has 0 atom stereocenters. The molecule has 0 fully saturated rings. The summed E-state index contributed by atoms with van der Waals surface area (Å²) in [7, 11) is 0. The minimum Gasteiger partial charge on any atom is -0.397 e. The van der Waals surface area contributed by atoms with Crippen molar-refractivity contribution in [2.45, 2.75) is 0 Å². The minimum atomic E-state index is -0.217. The average Bonchev–Trinajstić information content (AvgIpc) is 2.32. The molecule has 2 rings (SSSR count). The van der Waals surface area contributed by atoms with Gasteiger partial charge in [0, 0.05) is 15.1 Å². The molecule has 2 aromatic rings. The largest absolute Gasteiger partial charge is 0.397 e. The van der Waals surface area contributed by atoms with Crippen LogP contribution in [0.3, 0.4) is 0 Å². The SMILES string of the molecule is Nc1cc(Cl)ccc1NC(=O)c1cccc(Br)c1. The minimum absolute atomic E-state index is 0.217. The number of benzene rings is 2. The number of nitrogen functional groups attached to an aromatic ring is 1. The summed E-state index contributed by atoms with van der Waals surface area (Å²) in [6, 6.07) is 12.1. The third-order valence-electron chi connectivity index (χ3n) is 2.35. The molecule has 5 heteroatoms. The van der Waals surface area contributed by atoms with Crippen molar-refractivity contribution < 1.29 is 4.79 Å². The van der Waals surface area contributed by atoms with Crippen LogP contribution in [0.4, 0.5) is 11.4 Å². The quantitative estimate of drug-likeness (QED) is 0.822. The van der Waals surface area contributed by atoms with E-state index in [0.29, 0.717) is 22.0 Å². The van der Waals surface area contributed by atoms with Gasteiger partial charge in [-0.25, -0.2) is 0 Å². The van der Waals surface area contributed by atoms with Crippen molar-refractivity contribution in [1.29, 1.82) is 0 Å². The van der Waals surface area contributed by atoms with Gasteiger partial charge in [0.05, 0.1) is 11.4 Å². The van der Waals surface area contributed by atoms with E-state index in [1.54, 1.807) is 36.4 Å². The van der Waals surface area contributed by atoms with Gasteiger partial charge in [0.2, 0.25) is 0 Å². The zero-order valence-corrected chi connectivity index (χ0v) is 11.6. The first-order chi connectivity index (χ1) is 8.56. The maximum Gasteiger partial charge on any atom is 0.255 e. The van der Waals surface area contributed by atoms with Crippen molar-refractivity contribution in [3.8, 4) is 0 Å². The Hall–Kier alpha value is -1.52. The summed E-state index contributed by atoms with van der Waals surface area (Å²) in [4.78, 5) is 12.0. The number of hydrogen-bond acceptors (Lipinski definition) is 2. The monoisotopic (exact) mass is 324 g/mol. The van der Waals surface area contributed by atoms with Gasteiger partial charge in [0.15, 0.2) is 0 Å². The van der Waals surface area contributed by atoms with Crippen LogP contribution >= 0.6 is 27.5 Å². The highest BCUT2D eigenvalue weighted by atomic mass is 79.9. The van der Waals surface area contributed by atoms with Crippen LogP contribution in [0, 0.1) is 0 Å². The number of amides is 1. The molecule has 0 aliphatic heterocycles. The Morgan fingerprint density at radius 3 is 2.67 bits per heavy atom. The molecule has 0 heterocycles. The highest BCUT2D eigenvalue weighted by molar-refractivity contribution is 9.10. The van der Waals surface area contributed by atoms with Crippen molar-refractivity contribution in [3.05, 3.63) is 57.5 Å². The topological polar surface area (TPSA) is 55.1 Å². The first-order valence-corrected chi connectivity index (χ1v) is 6.35. The van der Waals surface area contributed by atoms with Crippen molar-refractivity contribution in [2.24, 2.45) is 0 Å². The zero-order chi connectivity index (χ0) is 13.1. The van der Waals surface area contributed by atoms with E-state index in [4.69, 9.17) is 17.3 Å². The van der Waals surface area contributed by atoms with E-state index in [1.807, 2.05) is 6.07 Å². The summed E-state index contributed by atoms with van der Waals surface area (Å²) in [5.41, 5.74) is 7.31. The van der Waals surface area contributed by atoms with Gasteiger partial charge in [-0.2, -0.15) is 0 Å². The molecule has 0 spiro atoms. The highest BCUT2D eigenvalue weighted by Gasteiger charge is 2.08. The van der Waals surface area contributed by atoms with Crippen LogP contribution in [0.1, 0.15) is 10.4 Å². The lowest BCUT2D eigenvalue weighted by molar-refractivity contribution is 0.102. The first-order valence-electron chi connectivity index (χ1n) is 5.18. The molecule has 2 aromatic carbocycles. The number of rotatable bonds is 2. The number of nitrogens with two attached hydrogens (primary N) is 1. The van der Waals surface area contributed by atoms with Crippen molar-refractivity contribution >= 4 is 44.8 Å². The second-order valence-corrected chi connectivity index (χ2v) is 5.05. The lowest BCUT2D eigenvalue weighted by atomic mass is 10.2. The second kappa shape index (κ2) is 5.42. The van der Waals surface area contributed by atoms with Crippen LogP contribution < -0.4 is 11.1 Å². The lowest BCUT2D eigenvalue weighted by Gasteiger charge is -2.08. The first kappa shape index (κ1) is 12.9. The zero-order valence-electron chi connectivity index (χ0n) is 9.28. The Balaban J connectivity index is 2.21. The predicted molar refractivity (Wildman–Crippen MR) is 78.0 cm³/mol. The smallest absolute Gasteiger partial charge is 0.255 e. The third-order valence-corrected chi connectivity index (χ3v) is 3.08. The summed E-state index contributed by atoms with van der Waals surface area (Å²) in [5.74, 6) is -0.217. The fourth-order valence-corrected chi connectivity index (χ4v) is 2.05. The van der Waals surface area contributed by atoms with Gasteiger partial charge >= 0.3 is 0 Å². The molecule has 18 heavy (non-hydrogen) atoms. The Morgan fingerprint density at radius 2 is 2.00 bits per heavy atom. The fraction of sp³-hybridized carbons (Fsp3) is 0. The van der Waals surface area contributed by atoms with Crippen molar-refractivity contribution in [1.82, 2.24) is 0 Å². The second-order valence-electron chi connectivity index (χ2n) is 3.70. The number of halogens is 2. The van der Waals surface area contributed by atoms with E-state index in [1.165, 1.54) is 0 Å². The van der Waals surface area contributed by atoms with Gasteiger partial charge < -0.3 is 11.1 Å². The summed E-state index contributed by atoms with van der Waals surface area (Å²) >= 11 is 9.11. The maximum atomic E-state index is 12.0. The van der Waals surface area contributed by atoms with Gasteiger partial charge in [-0.05, 0) is 36.4 Å². The van der Waals surface area contributed by atoms with Gasteiger partial charge in [0.25, 0.3) is 5.91 Å². The molecule has 0 saturated carbocycles. The number of hydrogen-bond donors (Lipinski definition) is 2. The fourth-order valence-electron chi connectivity index (χ4n) is 1.47. The molecule has 0 saturated heterocycles. The molecular formula is C13H10BrClN2O. The van der Waals surface area contributed by atoms with Crippen molar-refractivity contribution in [3.63, 3.8) is 0 Å². The molecule has 0 aromatic heterocycles. The number of anilines is 2.